The monoisotopic (exact) mass is 447 g/mol. The molecule has 0 aromatic rings. The lowest BCUT2D eigenvalue weighted by molar-refractivity contribution is -0.141. The van der Waals surface area contributed by atoms with Gasteiger partial charge in [0.2, 0.25) is 17.7 Å². The molecule has 14 heteroatoms. The summed E-state index contributed by atoms with van der Waals surface area (Å²) in [5.74, 6) is -6.63. The highest BCUT2D eigenvalue weighted by atomic mass is 16.4. The molecular formula is C17H29N5O9. The number of carbonyl (C=O) groups is 6. The van der Waals surface area contributed by atoms with Crippen LogP contribution in [0, 0.1) is 0 Å². The lowest BCUT2D eigenvalue weighted by Gasteiger charge is -2.23. The highest BCUT2D eigenvalue weighted by Crippen LogP contribution is 2.04. The number of carboxylic acid groups (broad SMARTS) is 3. The molecule has 3 unspecified atom stereocenters. The Labute approximate surface area is 177 Å². The van der Waals surface area contributed by atoms with Gasteiger partial charge in [-0.25, -0.2) is 0 Å². The molecule has 176 valence electrons. The van der Waals surface area contributed by atoms with Crippen molar-refractivity contribution >= 4 is 35.6 Å². The summed E-state index contributed by atoms with van der Waals surface area (Å²) in [6.07, 6.45) is -0.431. The number of hydrogen-bond acceptors (Lipinski definition) is 8. The Hall–Kier alpha value is -3.26. The van der Waals surface area contributed by atoms with Crippen LogP contribution in [0.5, 0.6) is 0 Å². The number of carbonyl (C=O) groups excluding carboxylic acids is 3. The third-order valence-electron chi connectivity index (χ3n) is 4.01. The smallest absolute Gasteiger partial charge is 0.322 e. The first-order valence-electron chi connectivity index (χ1n) is 9.47. The van der Waals surface area contributed by atoms with Gasteiger partial charge in [-0.3, -0.25) is 28.8 Å². The largest absolute Gasteiger partial charge is 0.481 e. The van der Waals surface area contributed by atoms with Crippen molar-refractivity contribution in [3.05, 3.63) is 0 Å². The molecule has 0 bridgehead atoms. The van der Waals surface area contributed by atoms with Crippen molar-refractivity contribution in [3.63, 3.8) is 0 Å². The molecule has 0 aliphatic rings. The minimum atomic E-state index is -1.59. The lowest BCUT2D eigenvalue weighted by Crippen LogP contribution is -2.56. The van der Waals surface area contributed by atoms with Gasteiger partial charge >= 0.3 is 17.9 Å². The van der Waals surface area contributed by atoms with Crippen molar-refractivity contribution < 1.29 is 44.1 Å². The molecule has 0 aliphatic carbocycles. The molecule has 0 rings (SSSR count). The average molecular weight is 447 g/mol. The van der Waals surface area contributed by atoms with E-state index >= 15 is 0 Å². The van der Waals surface area contributed by atoms with Crippen LogP contribution in [0.2, 0.25) is 0 Å². The summed E-state index contributed by atoms with van der Waals surface area (Å²) in [5, 5.41) is 32.9. The van der Waals surface area contributed by atoms with Gasteiger partial charge < -0.3 is 42.7 Å². The molecule has 14 nitrogen and oxygen atoms in total. The number of amides is 3. The second-order valence-corrected chi connectivity index (χ2v) is 6.66. The first-order chi connectivity index (χ1) is 14.5. The standard InChI is InChI=1S/C17H29N5O9/c18-6-2-1-3-10(16(30)20-8-14(27)28)21-17(31)11(7-13(25)26)22-15(29)9(19)4-5-12(23)24/h9-11H,1-8,18-19H2,(H,20,30)(H,21,31)(H,22,29)(H,23,24)(H,25,26)(H,27,28). The van der Waals surface area contributed by atoms with Gasteiger partial charge in [0.05, 0.1) is 12.5 Å². The van der Waals surface area contributed by atoms with E-state index in [4.69, 9.17) is 26.8 Å². The number of hydrogen-bond donors (Lipinski definition) is 8. The second kappa shape index (κ2) is 14.7. The highest BCUT2D eigenvalue weighted by Gasteiger charge is 2.29. The summed E-state index contributed by atoms with van der Waals surface area (Å²) in [7, 11) is 0. The summed E-state index contributed by atoms with van der Waals surface area (Å²) >= 11 is 0. The Kier molecular flexibility index (Phi) is 13.1. The van der Waals surface area contributed by atoms with Crippen LogP contribution in [0.3, 0.4) is 0 Å². The van der Waals surface area contributed by atoms with Crippen LogP contribution in [-0.2, 0) is 28.8 Å². The van der Waals surface area contributed by atoms with Crippen LogP contribution in [-0.4, -0.2) is 82.2 Å². The predicted octanol–water partition coefficient (Wildman–Crippen LogP) is -3.05. The number of unbranched alkanes of at least 4 members (excludes halogenated alkanes) is 1. The number of carboxylic acids is 3. The molecule has 0 aromatic carbocycles. The van der Waals surface area contributed by atoms with E-state index in [0.717, 1.165) is 0 Å². The normalized spacial score (nSPS) is 13.4. The van der Waals surface area contributed by atoms with Crippen molar-refractivity contribution in [1.29, 1.82) is 0 Å². The molecule has 0 radical (unpaired) electrons. The Morgan fingerprint density at radius 3 is 1.87 bits per heavy atom. The molecule has 0 aromatic heterocycles. The number of nitrogens with two attached hydrogens (primary N) is 2. The Bertz CT molecular complexity index is 670. The summed E-state index contributed by atoms with van der Waals surface area (Å²) < 4.78 is 0. The van der Waals surface area contributed by atoms with Crippen molar-refractivity contribution in [2.24, 2.45) is 11.5 Å². The van der Waals surface area contributed by atoms with E-state index in [9.17, 15) is 28.8 Å². The molecular weight excluding hydrogens is 418 g/mol. The minimum absolute atomic E-state index is 0.0975. The van der Waals surface area contributed by atoms with E-state index in [2.05, 4.69) is 16.0 Å². The molecule has 31 heavy (non-hydrogen) atoms. The van der Waals surface area contributed by atoms with Gasteiger partial charge in [0.15, 0.2) is 0 Å². The fraction of sp³-hybridized carbons (Fsp3) is 0.647. The Balaban J connectivity index is 5.22. The van der Waals surface area contributed by atoms with E-state index in [-0.39, 0.29) is 12.8 Å². The van der Waals surface area contributed by atoms with Crippen LogP contribution in [0.4, 0.5) is 0 Å². The van der Waals surface area contributed by atoms with Crippen molar-refractivity contribution in [1.82, 2.24) is 16.0 Å². The molecule has 0 saturated heterocycles. The van der Waals surface area contributed by atoms with Crippen molar-refractivity contribution in [2.75, 3.05) is 13.1 Å². The first kappa shape index (κ1) is 27.7. The van der Waals surface area contributed by atoms with Crippen LogP contribution in [0.15, 0.2) is 0 Å². The maximum Gasteiger partial charge on any atom is 0.322 e. The van der Waals surface area contributed by atoms with Gasteiger partial charge in [0.25, 0.3) is 0 Å². The fourth-order valence-corrected chi connectivity index (χ4v) is 2.39. The quantitative estimate of drug-likeness (QED) is 0.110. The van der Waals surface area contributed by atoms with E-state index in [0.29, 0.717) is 19.4 Å². The van der Waals surface area contributed by atoms with Gasteiger partial charge in [0, 0.05) is 6.42 Å². The zero-order valence-electron chi connectivity index (χ0n) is 16.8. The summed E-state index contributed by atoms with van der Waals surface area (Å²) in [5.41, 5.74) is 11.0. The van der Waals surface area contributed by atoms with Crippen LogP contribution < -0.4 is 27.4 Å². The summed E-state index contributed by atoms with van der Waals surface area (Å²) in [6.45, 7) is -0.362. The SMILES string of the molecule is NCCCCC(NC(=O)C(CC(=O)O)NC(=O)C(N)CCC(=O)O)C(=O)NCC(=O)O. The van der Waals surface area contributed by atoms with Gasteiger partial charge in [-0.1, -0.05) is 0 Å². The lowest BCUT2D eigenvalue weighted by atomic mass is 10.1. The summed E-state index contributed by atoms with van der Waals surface area (Å²) in [4.78, 5) is 69.2. The van der Waals surface area contributed by atoms with E-state index in [1.165, 1.54) is 0 Å². The topological polar surface area (TPSA) is 251 Å². The summed E-state index contributed by atoms with van der Waals surface area (Å²) in [6, 6.07) is -4.07. The van der Waals surface area contributed by atoms with Crippen LogP contribution in [0.1, 0.15) is 38.5 Å². The van der Waals surface area contributed by atoms with Gasteiger partial charge in [-0.15, -0.1) is 0 Å². The Morgan fingerprint density at radius 2 is 1.35 bits per heavy atom. The number of rotatable bonds is 16. The average Bonchev–Trinajstić information content (AvgIpc) is 2.68. The molecule has 0 aliphatic heterocycles. The van der Waals surface area contributed by atoms with Gasteiger partial charge in [-0.2, -0.15) is 0 Å². The maximum atomic E-state index is 12.5. The van der Waals surface area contributed by atoms with Crippen LogP contribution >= 0.6 is 0 Å². The van der Waals surface area contributed by atoms with Gasteiger partial charge in [0.1, 0.15) is 18.6 Å². The van der Waals surface area contributed by atoms with Crippen molar-refractivity contribution in [2.45, 2.75) is 56.7 Å². The van der Waals surface area contributed by atoms with E-state index < -0.39 is 73.1 Å². The third kappa shape index (κ3) is 12.8. The molecule has 0 heterocycles. The third-order valence-corrected chi connectivity index (χ3v) is 4.01. The zero-order valence-corrected chi connectivity index (χ0v) is 16.8. The molecule has 3 amide bonds. The highest BCUT2D eigenvalue weighted by molar-refractivity contribution is 5.95. The zero-order chi connectivity index (χ0) is 24.0. The first-order valence-corrected chi connectivity index (χ1v) is 9.47. The van der Waals surface area contributed by atoms with E-state index in [1.54, 1.807) is 0 Å². The second-order valence-electron chi connectivity index (χ2n) is 6.66. The molecule has 0 saturated carbocycles. The van der Waals surface area contributed by atoms with E-state index in [1.807, 2.05) is 0 Å². The maximum absolute atomic E-state index is 12.5. The van der Waals surface area contributed by atoms with Crippen LogP contribution in [0.25, 0.3) is 0 Å². The Morgan fingerprint density at radius 1 is 0.742 bits per heavy atom. The van der Waals surface area contributed by atoms with Gasteiger partial charge in [-0.05, 0) is 32.2 Å². The number of aliphatic carboxylic acids is 3. The predicted molar refractivity (Wildman–Crippen MR) is 105 cm³/mol. The molecule has 10 N–H and O–H groups in total. The van der Waals surface area contributed by atoms with Crippen molar-refractivity contribution in [3.8, 4) is 0 Å². The molecule has 0 fully saturated rings. The minimum Gasteiger partial charge on any atom is -0.481 e. The number of nitrogens with one attached hydrogen (secondary N) is 3. The molecule has 3 atom stereocenters. The molecule has 0 spiro atoms. The fourth-order valence-electron chi connectivity index (χ4n) is 2.39.